The van der Waals surface area contributed by atoms with Crippen LogP contribution in [0.3, 0.4) is 0 Å². The summed E-state index contributed by atoms with van der Waals surface area (Å²) < 4.78 is 4.81. The number of hydrogen-bond donors (Lipinski definition) is 0. The average molecular weight is 270 g/mol. The van der Waals surface area contributed by atoms with Crippen LogP contribution in [-0.2, 0) is 19.2 Å². The highest BCUT2D eigenvalue weighted by atomic mass is 16.7. The molecule has 0 bridgehead atoms. The fourth-order valence-corrected chi connectivity index (χ4v) is 3.02. The molecule has 6 nitrogen and oxygen atoms in total. The SMILES string of the molecule is COC(=O)[C@H]1[C@H]2C(=O)N(C)[C@](C)(C(C)C)N2O[C@@H]1C. The maximum Gasteiger partial charge on any atom is 0.313 e. The predicted molar refractivity (Wildman–Crippen MR) is 67.7 cm³/mol. The zero-order valence-electron chi connectivity index (χ0n) is 12.3. The number of nitrogens with zero attached hydrogens (tertiary/aromatic N) is 2. The first kappa shape index (κ1) is 14.3. The number of methoxy groups -OCH3 is 1. The lowest BCUT2D eigenvalue weighted by Gasteiger charge is -2.41. The summed E-state index contributed by atoms with van der Waals surface area (Å²) in [4.78, 5) is 31.9. The first-order valence-corrected chi connectivity index (χ1v) is 6.58. The van der Waals surface area contributed by atoms with Crippen LogP contribution in [0.15, 0.2) is 0 Å². The summed E-state index contributed by atoms with van der Waals surface area (Å²) in [6, 6.07) is -0.583. The van der Waals surface area contributed by atoms with E-state index in [0.29, 0.717) is 0 Å². The molecule has 0 unspecified atom stereocenters. The van der Waals surface area contributed by atoms with Crippen molar-refractivity contribution in [3.63, 3.8) is 0 Å². The van der Waals surface area contributed by atoms with Crippen molar-refractivity contribution in [3.05, 3.63) is 0 Å². The van der Waals surface area contributed by atoms with Crippen LogP contribution in [-0.4, -0.2) is 53.8 Å². The van der Waals surface area contributed by atoms with Crippen LogP contribution < -0.4 is 0 Å². The zero-order valence-corrected chi connectivity index (χ0v) is 12.3. The van der Waals surface area contributed by atoms with Crippen LogP contribution in [0.25, 0.3) is 0 Å². The molecule has 19 heavy (non-hydrogen) atoms. The van der Waals surface area contributed by atoms with E-state index in [9.17, 15) is 9.59 Å². The van der Waals surface area contributed by atoms with Crippen molar-refractivity contribution in [2.45, 2.75) is 45.5 Å². The molecule has 0 N–H and O–H groups in total. The van der Waals surface area contributed by atoms with Gasteiger partial charge in [-0.25, -0.2) is 0 Å². The maximum absolute atomic E-state index is 12.5. The van der Waals surface area contributed by atoms with E-state index in [-0.39, 0.29) is 17.9 Å². The van der Waals surface area contributed by atoms with Crippen molar-refractivity contribution in [1.82, 2.24) is 9.96 Å². The summed E-state index contributed by atoms with van der Waals surface area (Å²) in [5.74, 6) is -0.874. The lowest BCUT2D eigenvalue weighted by Crippen LogP contribution is -2.53. The number of hydrogen-bond acceptors (Lipinski definition) is 5. The molecular formula is C13H22N2O4. The van der Waals surface area contributed by atoms with Gasteiger partial charge in [-0.15, -0.1) is 5.06 Å². The molecule has 108 valence electrons. The van der Waals surface area contributed by atoms with Gasteiger partial charge in [0.1, 0.15) is 17.6 Å². The molecule has 2 saturated heterocycles. The van der Waals surface area contributed by atoms with Gasteiger partial charge in [0.2, 0.25) is 5.91 Å². The molecule has 4 atom stereocenters. The number of fused-ring (bicyclic) bond motifs is 1. The third-order valence-electron chi connectivity index (χ3n) is 4.65. The number of carbonyl (C=O) groups excluding carboxylic acids is 2. The molecule has 0 spiro atoms. The van der Waals surface area contributed by atoms with Gasteiger partial charge in [-0.1, -0.05) is 13.8 Å². The Kier molecular flexibility index (Phi) is 3.35. The van der Waals surface area contributed by atoms with E-state index in [1.165, 1.54) is 7.11 Å². The number of amides is 1. The van der Waals surface area contributed by atoms with Gasteiger partial charge in [0.05, 0.1) is 13.2 Å². The normalized spacial score (nSPS) is 39.0. The fourth-order valence-electron chi connectivity index (χ4n) is 3.02. The highest BCUT2D eigenvalue weighted by Crippen LogP contribution is 2.45. The van der Waals surface area contributed by atoms with Crippen molar-refractivity contribution in [2.24, 2.45) is 11.8 Å². The van der Waals surface area contributed by atoms with Crippen LogP contribution in [0.1, 0.15) is 27.7 Å². The van der Waals surface area contributed by atoms with E-state index >= 15 is 0 Å². The average Bonchev–Trinajstić information content (AvgIpc) is 2.79. The fraction of sp³-hybridized carbons (Fsp3) is 0.846. The van der Waals surface area contributed by atoms with Gasteiger partial charge in [0.25, 0.3) is 0 Å². The first-order chi connectivity index (χ1) is 8.76. The van der Waals surface area contributed by atoms with E-state index in [1.54, 1.807) is 23.9 Å². The summed E-state index contributed by atoms with van der Waals surface area (Å²) in [5.41, 5.74) is -0.543. The third-order valence-corrected chi connectivity index (χ3v) is 4.65. The Morgan fingerprint density at radius 2 is 2.05 bits per heavy atom. The molecule has 0 aromatic heterocycles. The van der Waals surface area contributed by atoms with Crippen molar-refractivity contribution in [2.75, 3.05) is 14.2 Å². The van der Waals surface area contributed by atoms with Crippen LogP contribution in [0.2, 0.25) is 0 Å². The van der Waals surface area contributed by atoms with Gasteiger partial charge in [0.15, 0.2) is 0 Å². The summed E-state index contributed by atoms with van der Waals surface area (Å²) in [6.45, 7) is 7.83. The number of rotatable bonds is 2. The van der Waals surface area contributed by atoms with E-state index in [0.717, 1.165) is 0 Å². The molecule has 0 radical (unpaired) electrons. The zero-order chi connectivity index (χ0) is 14.5. The van der Waals surface area contributed by atoms with Gasteiger partial charge < -0.3 is 9.64 Å². The number of ether oxygens (including phenoxy) is 1. The van der Waals surface area contributed by atoms with Crippen LogP contribution in [0.5, 0.6) is 0 Å². The maximum atomic E-state index is 12.5. The number of likely N-dealkylation sites (N-methyl/N-ethyl adjacent to an activating group) is 1. The molecule has 2 fully saturated rings. The second-order valence-electron chi connectivity index (χ2n) is 5.78. The Morgan fingerprint density at radius 1 is 1.47 bits per heavy atom. The minimum absolute atomic E-state index is 0.0871. The Labute approximate surface area is 113 Å². The Balaban J connectivity index is 2.42. The molecule has 2 aliphatic heterocycles. The molecule has 0 aromatic rings. The largest absolute Gasteiger partial charge is 0.469 e. The number of hydroxylamine groups is 2. The van der Waals surface area contributed by atoms with Crippen molar-refractivity contribution in [3.8, 4) is 0 Å². The van der Waals surface area contributed by atoms with E-state index in [1.807, 2.05) is 20.8 Å². The molecule has 0 aromatic carbocycles. The molecule has 2 heterocycles. The summed E-state index contributed by atoms with van der Waals surface area (Å²) in [6.07, 6.45) is -0.354. The molecule has 2 aliphatic rings. The smallest absolute Gasteiger partial charge is 0.313 e. The highest BCUT2D eigenvalue weighted by molar-refractivity contribution is 5.91. The summed E-state index contributed by atoms with van der Waals surface area (Å²) >= 11 is 0. The highest BCUT2D eigenvalue weighted by Gasteiger charge is 2.64. The third kappa shape index (κ3) is 1.70. The number of esters is 1. The van der Waals surface area contributed by atoms with Gasteiger partial charge in [-0.3, -0.25) is 14.4 Å². The van der Waals surface area contributed by atoms with Gasteiger partial charge >= 0.3 is 5.97 Å². The van der Waals surface area contributed by atoms with Crippen LogP contribution in [0, 0.1) is 11.8 Å². The van der Waals surface area contributed by atoms with Crippen LogP contribution in [0.4, 0.5) is 0 Å². The Hall–Kier alpha value is -1.14. The predicted octanol–water partition coefficient (Wildman–Crippen LogP) is 0.624. The lowest BCUT2D eigenvalue weighted by atomic mass is 9.95. The first-order valence-electron chi connectivity index (χ1n) is 6.58. The standard InChI is InChI=1S/C13H22N2O4/c1-7(2)13(4)14(5)11(16)10-9(12(17)18-6)8(3)19-15(10)13/h7-10H,1-6H3/t8-,9-,10+,13+/m1/s1. The Bertz CT molecular complexity index is 411. The molecule has 1 amide bonds. The molecule has 2 rings (SSSR count). The van der Waals surface area contributed by atoms with Gasteiger partial charge in [-0.2, -0.15) is 0 Å². The molecule has 0 saturated carbocycles. The second-order valence-corrected chi connectivity index (χ2v) is 5.78. The van der Waals surface area contributed by atoms with Crippen molar-refractivity contribution >= 4 is 11.9 Å². The van der Waals surface area contributed by atoms with Crippen LogP contribution >= 0.6 is 0 Å². The van der Waals surface area contributed by atoms with Crippen molar-refractivity contribution < 1.29 is 19.2 Å². The van der Waals surface area contributed by atoms with E-state index in [2.05, 4.69) is 0 Å². The van der Waals surface area contributed by atoms with Crippen molar-refractivity contribution in [1.29, 1.82) is 0 Å². The monoisotopic (exact) mass is 270 g/mol. The quantitative estimate of drug-likeness (QED) is 0.689. The topological polar surface area (TPSA) is 59.1 Å². The Morgan fingerprint density at radius 3 is 2.53 bits per heavy atom. The van der Waals surface area contributed by atoms with Gasteiger partial charge in [-0.05, 0) is 19.8 Å². The second kappa shape index (κ2) is 4.45. The van der Waals surface area contributed by atoms with E-state index in [4.69, 9.17) is 9.57 Å². The molecule has 0 aliphatic carbocycles. The summed E-state index contributed by atoms with van der Waals surface area (Å²) in [5, 5.41) is 1.69. The van der Waals surface area contributed by atoms with Gasteiger partial charge in [0, 0.05) is 7.05 Å². The minimum Gasteiger partial charge on any atom is -0.469 e. The lowest BCUT2D eigenvalue weighted by molar-refractivity contribution is -0.234. The minimum atomic E-state index is -0.583. The van der Waals surface area contributed by atoms with E-state index < -0.39 is 23.6 Å². The molecule has 6 heteroatoms. The summed E-state index contributed by atoms with van der Waals surface area (Å²) in [7, 11) is 3.09. The molecular weight excluding hydrogens is 248 g/mol. The number of carbonyl (C=O) groups is 2.